The summed E-state index contributed by atoms with van der Waals surface area (Å²) in [6.45, 7) is -3.27. The molecule has 0 saturated heterocycles. The van der Waals surface area contributed by atoms with E-state index >= 15 is 0 Å². The molecular formula is C6H4Cl5FN3OP3. The molecule has 0 N–H and O–H groups in total. The zero-order valence-corrected chi connectivity index (χ0v) is 15.1. The summed E-state index contributed by atoms with van der Waals surface area (Å²) >= 11 is 29.6. The summed E-state index contributed by atoms with van der Waals surface area (Å²) in [5.74, 6) is -6.41. The van der Waals surface area contributed by atoms with Gasteiger partial charge in [0.1, 0.15) is 11.6 Å². The second kappa shape index (κ2) is 5.71. The monoisotopic (exact) mass is 421 g/mol. The first-order valence-corrected chi connectivity index (χ1v) is 14.0. The molecule has 0 amide bonds. The largest absolute Gasteiger partial charge is 0.431 e. The van der Waals surface area contributed by atoms with Crippen molar-refractivity contribution in [2.45, 2.75) is 0 Å². The summed E-state index contributed by atoms with van der Waals surface area (Å²) in [7, 11) is 0. The Labute approximate surface area is 132 Å². The Hall–Kier alpha value is 1.09. The van der Waals surface area contributed by atoms with Crippen LogP contribution in [0.15, 0.2) is 37.8 Å². The van der Waals surface area contributed by atoms with Crippen molar-refractivity contribution < 1.29 is 8.91 Å². The van der Waals surface area contributed by atoms with Gasteiger partial charge in [-0.2, -0.15) is 13.5 Å². The Balaban J connectivity index is 2.44. The molecule has 1 aliphatic rings. The van der Waals surface area contributed by atoms with Crippen LogP contribution in [0.4, 0.5) is 4.39 Å². The Morgan fingerprint density at radius 1 is 0.842 bits per heavy atom. The van der Waals surface area contributed by atoms with Gasteiger partial charge in [0.15, 0.2) is 0 Å². The summed E-state index contributed by atoms with van der Waals surface area (Å²) in [6.07, 6.45) is 0. The van der Waals surface area contributed by atoms with Gasteiger partial charge in [-0.3, -0.25) is 0 Å². The van der Waals surface area contributed by atoms with Crippen LogP contribution in [0.2, 0.25) is 0 Å². The van der Waals surface area contributed by atoms with E-state index in [1.54, 1.807) is 0 Å². The molecule has 1 unspecified atom stereocenters. The maximum atomic E-state index is 12.8. The highest BCUT2D eigenvalue weighted by Gasteiger charge is 2.34. The molecule has 2 rings (SSSR count). The van der Waals surface area contributed by atoms with Crippen molar-refractivity contribution in [2.75, 3.05) is 0 Å². The van der Waals surface area contributed by atoms with E-state index in [9.17, 15) is 4.39 Å². The van der Waals surface area contributed by atoms with Crippen LogP contribution in [-0.4, -0.2) is 0 Å². The van der Waals surface area contributed by atoms with Crippen LogP contribution in [0.1, 0.15) is 0 Å². The van der Waals surface area contributed by atoms with Crippen molar-refractivity contribution in [3.05, 3.63) is 30.1 Å². The first-order chi connectivity index (χ1) is 8.59. The molecular weight excluding hydrogens is 419 g/mol. The average molecular weight is 423 g/mol. The predicted molar refractivity (Wildman–Crippen MR) is 84.3 cm³/mol. The molecule has 1 aromatic carbocycles. The first kappa shape index (κ1) is 16.5. The fraction of sp³-hybridized carbons (Fsp3) is 0. The molecule has 19 heavy (non-hydrogen) atoms. The van der Waals surface area contributed by atoms with E-state index in [4.69, 9.17) is 60.7 Å². The fourth-order valence-electron chi connectivity index (χ4n) is 1.11. The topological polar surface area (TPSA) is 46.3 Å². The number of benzene rings is 1. The zero-order valence-electron chi connectivity index (χ0n) is 8.67. The molecule has 0 aromatic heterocycles. The molecule has 1 aliphatic heterocycles. The molecule has 0 fully saturated rings. The molecule has 0 bridgehead atoms. The van der Waals surface area contributed by atoms with Gasteiger partial charge in [0.05, 0.1) is 0 Å². The maximum Gasteiger partial charge on any atom is 0.350 e. The molecule has 1 atom stereocenters. The first-order valence-electron chi connectivity index (χ1n) is 4.44. The van der Waals surface area contributed by atoms with Crippen LogP contribution in [0, 0.1) is 5.82 Å². The normalized spacial score (nSPS) is 27.7. The highest BCUT2D eigenvalue weighted by atomic mass is 35.9. The summed E-state index contributed by atoms with van der Waals surface area (Å²) in [6, 6.07) is 5.11. The van der Waals surface area contributed by atoms with E-state index in [1.807, 2.05) is 0 Å². The molecule has 0 saturated carbocycles. The van der Waals surface area contributed by atoms with E-state index in [2.05, 4.69) is 13.5 Å². The molecule has 4 nitrogen and oxygen atoms in total. The van der Waals surface area contributed by atoms with Gasteiger partial charge in [-0.15, -0.1) is 0 Å². The van der Waals surface area contributed by atoms with Crippen molar-refractivity contribution in [1.29, 1.82) is 0 Å². The standard InChI is InChI=1S/C6H4Cl5FN3OP3/c7-17(8)13-18(9,10)15-19(11,14-17)16-6-3-1-5(12)2-4-6/h1-4H. The van der Waals surface area contributed by atoms with Gasteiger partial charge in [0.2, 0.25) is 0 Å². The average Bonchev–Trinajstić information content (AvgIpc) is 2.15. The van der Waals surface area contributed by atoms with Gasteiger partial charge in [-0.25, -0.2) is 4.39 Å². The Kier molecular flexibility index (Phi) is 4.94. The third kappa shape index (κ3) is 4.80. The van der Waals surface area contributed by atoms with E-state index in [0.29, 0.717) is 0 Å². The lowest BCUT2D eigenvalue weighted by Crippen LogP contribution is -1.86. The smallest absolute Gasteiger partial charge is 0.350 e. The Morgan fingerprint density at radius 2 is 1.37 bits per heavy atom. The van der Waals surface area contributed by atoms with Crippen molar-refractivity contribution in [2.24, 2.45) is 13.5 Å². The van der Waals surface area contributed by atoms with Gasteiger partial charge in [-0.05, 0) is 80.5 Å². The van der Waals surface area contributed by atoms with Crippen LogP contribution in [-0.2, 0) is 0 Å². The lowest BCUT2D eigenvalue weighted by molar-refractivity contribution is 0.601. The second-order valence-electron chi connectivity index (χ2n) is 3.20. The molecule has 0 radical (unpaired) electrons. The maximum absolute atomic E-state index is 12.8. The van der Waals surface area contributed by atoms with Crippen LogP contribution >= 0.6 is 74.8 Å². The quantitative estimate of drug-likeness (QED) is 0.442. The Morgan fingerprint density at radius 3 is 1.89 bits per heavy atom. The van der Waals surface area contributed by atoms with Crippen molar-refractivity contribution in [3.8, 4) is 5.75 Å². The van der Waals surface area contributed by atoms with E-state index in [0.717, 1.165) is 0 Å². The van der Waals surface area contributed by atoms with Crippen molar-refractivity contribution in [1.82, 2.24) is 0 Å². The Bertz CT molecular complexity index is 658. The summed E-state index contributed by atoms with van der Waals surface area (Å²) in [4.78, 5) is 0. The second-order valence-corrected chi connectivity index (χ2v) is 16.3. The van der Waals surface area contributed by atoms with E-state index in [1.165, 1.54) is 24.3 Å². The molecule has 1 heterocycles. The minimum atomic E-state index is -3.27. The number of halogens is 6. The summed E-state index contributed by atoms with van der Waals surface area (Å²) in [5, 5.41) is 0. The number of hydrogen-bond donors (Lipinski definition) is 0. The SMILES string of the molecule is Fc1ccc(OP2(Cl)=NP(Cl)(Cl)=NP(Cl)(Cl)=N2)cc1. The molecule has 0 aliphatic carbocycles. The molecule has 0 spiro atoms. The van der Waals surface area contributed by atoms with Crippen LogP contribution in [0.25, 0.3) is 0 Å². The molecule has 1 aromatic rings. The summed E-state index contributed by atoms with van der Waals surface area (Å²) < 4.78 is 29.7. The third-order valence-electron chi connectivity index (χ3n) is 1.69. The fourth-order valence-corrected chi connectivity index (χ4v) is 17.7. The lowest BCUT2D eigenvalue weighted by Gasteiger charge is -2.21. The van der Waals surface area contributed by atoms with Gasteiger partial charge in [0, 0.05) is 0 Å². The molecule has 13 heteroatoms. The van der Waals surface area contributed by atoms with Gasteiger partial charge in [0.25, 0.3) is 11.8 Å². The minimum Gasteiger partial charge on any atom is -0.431 e. The number of rotatable bonds is 2. The molecule has 106 valence electrons. The lowest BCUT2D eigenvalue weighted by atomic mass is 10.3. The van der Waals surface area contributed by atoms with Crippen LogP contribution < -0.4 is 4.52 Å². The van der Waals surface area contributed by atoms with Crippen molar-refractivity contribution >= 4 is 74.8 Å². The third-order valence-corrected chi connectivity index (χ3v) is 13.6. The van der Waals surface area contributed by atoms with Crippen LogP contribution in [0.5, 0.6) is 5.75 Å². The van der Waals surface area contributed by atoms with Gasteiger partial charge >= 0.3 is 6.78 Å². The van der Waals surface area contributed by atoms with Crippen LogP contribution in [0.3, 0.4) is 0 Å². The summed E-state index contributed by atoms with van der Waals surface area (Å²) in [5.41, 5.74) is 0. The highest BCUT2D eigenvalue weighted by molar-refractivity contribution is 8.22. The van der Waals surface area contributed by atoms with Crippen molar-refractivity contribution in [3.63, 3.8) is 0 Å². The number of nitrogens with zero attached hydrogens (tertiary/aromatic N) is 3. The van der Waals surface area contributed by atoms with E-state index in [-0.39, 0.29) is 5.75 Å². The van der Waals surface area contributed by atoms with Gasteiger partial charge < -0.3 is 4.52 Å². The predicted octanol–water partition coefficient (Wildman–Crippen LogP) is 8.25. The van der Waals surface area contributed by atoms with E-state index < -0.39 is 24.4 Å². The van der Waals surface area contributed by atoms with Gasteiger partial charge in [-0.1, -0.05) is 0 Å². The minimum absolute atomic E-state index is 0.251. The highest BCUT2D eigenvalue weighted by Crippen LogP contribution is 2.86. The zero-order chi connectivity index (χ0) is 14.3. The number of hydrogen-bond acceptors (Lipinski definition) is 4.